The molecule has 0 atom stereocenters. The van der Waals surface area contributed by atoms with Crippen molar-refractivity contribution in [2.75, 3.05) is 38.8 Å². The second kappa shape index (κ2) is 9.75. The summed E-state index contributed by atoms with van der Waals surface area (Å²) in [5.74, 6) is 0.785. The van der Waals surface area contributed by atoms with Crippen LogP contribution in [0, 0.1) is 27.4 Å². The SMILES string of the molecule is COc1cc(C(=O)NCC2CCN(c3ncccc3C#N)CC2)c([N+](=O)[O-])cc1OC. The van der Waals surface area contributed by atoms with Gasteiger partial charge in [0.25, 0.3) is 11.6 Å². The monoisotopic (exact) mass is 425 g/mol. The van der Waals surface area contributed by atoms with Crippen molar-refractivity contribution in [1.82, 2.24) is 10.3 Å². The van der Waals surface area contributed by atoms with Crippen LogP contribution in [0.25, 0.3) is 0 Å². The van der Waals surface area contributed by atoms with Crippen LogP contribution in [-0.4, -0.2) is 49.7 Å². The molecule has 10 nitrogen and oxygen atoms in total. The Kier molecular flexibility index (Phi) is 6.87. The van der Waals surface area contributed by atoms with Crippen LogP contribution in [-0.2, 0) is 0 Å². The molecule has 0 aliphatic carbocycles. The van der Waals surface area contributed by atoms with Gasteiger partial charge in [-0.15, -0.1) is 0 Å². The van der Waals surface area contributed by atoms with Crippen LogP contribution < -0.4 is 19.7 Å². The number of ether oxygens (including phenoxy) is 2. The lowest BCUT2D eigenvalue weighted by molar-refractivity contribution is -0.385. The van der Waals surface area contributed by atoms with Crippen LogP contribution in [0.3, 0.4) is 0 Å². The summed E-state index contributed by atoms with van der Waals surface area (Å²) in [4.78, 5) is 29.9. The van der Waals surface area contributed by atoms with Gasteiger partial charge in [0.2, 0.25) is 0 Å². The number of piperidine rings is 1. The Bertz CT molecular complexity index is 1010. The molecule has 1 aliphatic rings. The van der Waals surface area contributed by atoms with Crippen molar-refractivity contribution >= 4 is 17.4 Å². The Balaban J connectivity index is 1.63. The lowest BCUT2D eigenvalue weighted by Crippen LogP contribution is -2.39. The number of methoxy groups -OCH3 is 2. The van der Waals surface area contributed by atoms with Gasteiger partial charge in [-0.25, -0.2) is 4.98 Å². The number of aromatic nitrogens is 1. The quantitative estimate of drug-likeness (QED) is 0.529. The Morgan fingerprint density at radius 3 is 2.61 bits per heavy atom. The molecule has 0 bridgehead atoms. The largest absolute Gasteiger partial charge is 0.493 e. The van der Waals surface area contributed by atoms with Crippen molar-refractivity contribution in [2.24, 2.45) is 5.92 Å². The van der Waals surface area contributed by atoms with Gasteiger partial charge in [-0.3, -0.25) is 14.9 Å². The average molecular weight is 425 g/mol. The Hall–Kier alpha value is -3.87. The molecule has 0 saturated carbocycles. The number of rotatable bonds is 7. The molecule has 10 heteroatoms. The van der Waals surface area contributed by atoms with E-state index in [4.69, 9.17) is 9.47 Å². The molecule has 0 radical (unpaired) electrons. The van der Waals surface area contributed by atoms with E-state index < -0.39 is 10.8 Å². The molecular formula is C21H23N5O5. The van der Waals surface area contributed by atoms with E-state index in [2.05, 4.69) is 21.3 Å². The maximum Gasteiger partial charge on any atom is 0.286 e. The summed E-state index contributed by atoms with van der Waals surface area (Å²) in [5.41, 5.74) is 0.117. The highest BCUT2D eigenvalue weighted by Crippen LogP contribution is 2.34. The van der Waals surface area contributed by atoms with Crippen LogP contribution in [0.15, 0.2) is 30.5 Å². The summed E-state index contributed by atoms with van der Waals surface area (Å²) < 4.78 is 10.3. The van der Waals surface area contributed by atoms with Gasteiger partial charge < -0.3 is 19.7 Å². The first-order valence-corrected chi connectivity index (χ1v) is 9.77. The number of carbonyl (C=O) groups is 1. The number of nitro benzene ring substituents is 1. The number of hydrogen-bond donors (Lipinski definition) is 1. The number of benzene rings is 1. The van der Waals surface area contributed by atoms with Crippen molar-refractivity contribution in [3.63, 3.8) is 0 Å². The number of carbonyl (C=O) groups excluding carboxylic acids is 1. The van der Waals surface area contributed by atoms with E-state index in [0.717, 1.165) is 12.8 Å². The first-order valence-electron chi connectivity index (χ1n) is 9.77. The number of hydrogen-bond acceptors (Lipinski definition) is 8. The van der Waals surface area contributed by atoms with Gasteiger partial charge in [0.15, 0.2) is 11.5 Å². The number of anilines is 1. The van der Waals surface area contributed by atoms with Gasteiger partial charge in [-0.05, 0) is 30.9 Å². The highest BCUT2D eigenvalue weighted by molar-refractivity contribution is 5.99. The fourth-order valence-corrected chi connectivity index (χ4v) is 3.62. The standard InChI is InChI=1S/C21H23N5O5/c1-30-18-10-16(17(26(28)29)11-19(18)31-2)21(27)24-13-14-5-8-25(9-6-14)20-15(12-22)4-3-7-23-20/h3-4,7,10-11,14H,5-6,8-9,13H2,1-2H3,(H,24,27). The topological polar surface area (TPSA) is 131 Å². The van der Waals surface area contributed by atoms with Crippen LogP contribution in [0.5, 0.6) is 11.5 Å². The maximum atomic E-state index is 12.7. The van der Waals surface area contributed by atoms with E-state index in [-0.39, 0.29) is 28.7 Å². The minimum atomic E-state index is -0.616. The second-order valence-corrected chi connectivity index (χ2v) is 7.11. The minimum absolute atomic E-state index is 0.0766. The number of nitrogens with one attached hydrogen (secondary N) is 1. The zero-order valence-electron chi connectivity index (χ0n) is 17.3. The Labute approximate surface area is 179 Å². The lowest BCUT2D eigenvalue weighted by Gasteiger charge is -2.33. The predicted molar refractivity (Wildman–Crippen MR) is 112 cm³/mol. The Morgan fingerprint density at radius 2 is 2.00 bits per heavy atom. The fourth-order valence-electron chi connectivity index (χ4n) is 3.62. The van der Waals surface area contributed by atoms with E-state index in [1.54, 1.807) is 18.3 Å². The van der Waals surface area contributed by atoms with Crippen molar-refractivity contribution < 1.29 is 19.2 Å². The number of nitrogens with zero attached hydrogens (tertiary/aromatic N) is 4. The second-order valence-electron chi connectivity index (χ2n) is 7.11. The van der Waals surface area contributed by atoms with Crippen LogP contribution >= 0.6 is 0 Å². The predicted octanol–water partition coefficient (Wildman–Crippen LogP) is 2.53. The third-order valence-electron chi connectivity index (χ3n) is 5.32. The molecule has 2 heterocycles. The van der Waals surface area contributed by atoms with Gasteiger partial charge in [0.1, 0.15) is 17.5 Å². The zero-order chi connectivity index (χ0) is 22.4. The third-order valence-corrected chi connectivity index (χ3v) is 5.32. The van der Waals surface area contributed by atoms with E-state index in [1.165, 1.54) is 26.4 Å². The maximum absolute atomic E-state index is 12.7. The number of nitro groups is 1. The molecule has 0 unspecified atom stereocenters. The van der Waals surface area contributed by atoms with Crippen molar-refractivity contribution in [1.29, 1.82) is 5.26 Å². The third kappa shape index (κ3) is 4.83. The molecule has 1 N–H and O–H groups in total. The minimum Gasteiger partial charge on any atom is -0.493 e. The van der Waals surface area contributed by atoms with Gasteiger partial charge >= 0.3 is 0 Å². The van der Waals surface area contributed by atoms with Crippen molar-refractivity contribution in [3.05, 3.63) is 51.7 Å². The van der Waals surface area contributed by atoms with E-state index in [0.29, 0.717) is 31.0 Å². The number of nitriles is 1. The summed E-state index contributed by atoms with van der Waals surface area (Å²) >= 11 is 0. The zero-order valence-corrected chi connectivity index (χ0v) is 17.3. The molecule has 1 amide bonds. The van der Waals surface area contributed by atoms with Crippen LogP contribution in [0.4, 0.5) is 11.5 Å². The molecule has 1 aromatic carbocycles. The van der Waals surface area contributed by atoms with Crippen molar-refractivity contribution in [2.45, 2.75) is 12.8 Å². The number of pyridine rings is 1. The lowest BCUT2D eigenvalue weighted by atomic mass is 9.96. The fraction of sp³-hybridized carbons (Fsp3) is 0.381. The molecule has 31 heavy (non-hydrogen) atoms. The molecule has 1 fully saturated rings. The highest BCUT2D eigenvalue weighted by atomic mass is 16.6. The highest BCUT2D eigenvalue weighted by Gasteiger charge is 2.26. The summed E-state index contributed by atoms with van der Waals surface area (Å²) in [5, 5.41) is 23.5. The van der Waals surface area contributed by atoms with E-state index >= 15 is 0 Å². The summed E-state index contributed by atoms with van der Waals surface area (Å²) in [6, 6.07) is 8.14. The molecular weight excluding hydrogens is 402 g/mol. The molecule has 3 rings (SSSR count). The normalized spacial score (nSPS) is 13.9. The molecule has 0 spiro atoms. The molecule has 1 saturated heterocycles. The smallest absolute Gasteiger partial charge is 0.286 e. The van der Waals surface area contributed by atoms with Gasteiger partial charge in [-0.1, -0.05) is 0 Å². The van der Waals surface area contributed by atoms with Crippen LogP contribution in [0.1, 0.15) is 28.8 Å². The first kappa shape index (κ1) is 21.8. The average Bonchev–Trinajstić information content (AvgIpc) is 2.81. The van der Waals surface area contributed by atoms with Gasteiger partial charge in [-0.2, -0.15) is 5.26 Å². The van der Waals surface area contributed by atoms with Crippen LogP contribution in [0.2, 0.25) is 0 Å². The summed E-state index contributed by atoms with van der Waals surface area (Å²) in [6.45, 7) is 1.82. The first-order chi connectivity index (χ1) is 15.0. The van der Waals surface area contributed by atoms with Crippen molar-refractivity contribution in [3.8, 4) is 17.6 Å². The molecule has 162 valence electrons. The Morgan fingerprint density at radius 1 is 1.32 bits per heavy atom. The van der Waals surface area contributed by atoms with E-state index in [1.807, 2.05) is 0 Å². The van der Waals surface area contributed by atoms with Gasteiger partial charge in [0.05, 0.1) is 30.8 Å². The summed E-state index contributed by atoms with van der Waals surface area (Å²) in [7, 11) is 2.77. The molecule has 2 aromatic rings. The van der Waals surface area contributed by atoms with Gasteiger partial charge in [0, 0.05) is 31.9 Å². The summed E-state index contributed by atoms with van der Waals surface area (Å²) in [6.07, 6.45) is 3.27. The molecule has 1 aromatic heterocycles. The van der Waals surface area contributed by atoms with E-state index in [9.17, 15) is 20.2 Å². The number of amides is 1. The molecule has 1 aliphatic heterocycles.